The summed E-state index contributed by atoms with van der Waals surface area (Å²) in [7, 11) is 2.13. The SMILES string of the molecule is CN1CCC(/C=C(/C(=O)N2CCC=CC2=O)c2ccccc2)CC1. The second-order valence-electron chi connectivity index (χ2n) is 6.57. The van der Waals surface area contributed by atoms with Crippen molar-refractivity contribution in [2.24, 2.45) is 5.92 Å². The lowest BCUT2D eigenvalue weighted by Crippen LogP contribution is -2.39. The average Bonchev–Trinajstić information content (AvgIpc) is 2.62. The fraction of sp³-hybridized carbons (Fsp3) is 0.400. The molecule has 0 spiro atoms. The molecule has 0 bridgehead atoms. The Bertz CT molecular complexity index is 655. The van der Waals surface area contributed by atoms with Crippen molar-refractivity contribution in [1.82, 2.24) is 9.80 Å². The van der Waals surface area contributed by atoms with E-state index >= 15 is 0 Å². The van der Waals surface area contributed by atoms with Crippen molar-refractivity contribution in [2.75, 3.05) is 26.7 Å². The van der Waals surface area contributed by atoms with Gasteiger partial charge in [0, 0.05) is 12.1 Å². The third kappa shape index (κ3) is 3.82. The van der Waals surface area contributed by atoms with E-state index in [1.54, 1.807) is 0 Å². The molecule has 2 amide bonds. The van der Waals surface area contributed by atoms with Crippen molar-refractivity contribution >= 4 is 17.4 Å². The Labute approximate surface area is 143 Å². The number of hydrogen-bond donors (Lipinski definition) is 0. The van der Waals surface area contributed by atoms with Gasteiger partial charge in [-0.3, -0.25) is 14.5 Å². The number of amides is 2. The summed E-state index contributed by atoms with van der Waals surface area (Å²) in [5, 5.41) is 0. The Kier molecular flexibility index (Phi) is 5.26. The lowest BCUT2D eigenvalue weighted by Gasteiger charge is -2.28. The summed E-state index contributed by atoms with van der Waals surface area (Å²) >= 11 is 0. The van der Waals surface area contributed by atoms with Crippen LogP contribution in [-0.4, -0.2) is 48.3 Å². The van der Waals surface area contributed by atoms with Crippen LogP contribution in [0.25, 0.3) is 5.57 Å². The Hall–Kier alpha value is -2.20. The molecule has 0 aromatic heterocycles. The van der Waals surface area contributed by atoms with Crippen molar-refractivity contribution in [3.8, 4) is 0 Å². The molecular weight excluding hydrogens is 300 g/mol. The number of allylic oxidation sites excluding steroid dienone is 1. The van der Waals surface area contributed by atoms with Gasteiger partial charge in [-0.1, -0.05) is 42.5 Å². The van der Waals surface area contributed by atoms with E-state index in [9.17, 15) is 9.59 Å². The van der Waals surface area contributed by atoms with Crippen LogP contribution in [-0.2, 0) is 9.59 Å². The normalized spacial score (nSPS) is 20.5. The molecule has 1 saturated heterocycles. The number of imide groups is 1. The van der Waals surface area contributed by atoms with E-state index in [1.165, 1.54) is 11.0 Å². The van der Waals surface area contributed by atoms with E-state index in [4.69, 9.17) is 0 Å². The maximum Gasteiger partial charge on any atom is 0.261 e. The molecule has 0 radical (unpaired) electrons. The van der Waals surface area contributed by atoms with Crippen LogP contribution in [0.1, 0.15) is 24.8 Å². The van der Waals surface area contributed by atoms with Gasteiger partial charge in [0.1, 0.15) is 0 Å². The molecule has 0 N–H and O–H groups in total. The molecule has 126 valence electrons. The minimum absolute atomic E-state index is 0.172. The van der Waals surface area contributed by atoms with Gasteiger partial charge < -0.3 is 4.90 Å². The number of carbonyl (C=O) groups is 2. The number of nitrogens with zero attached hydrogens (tertiary/aromatic N) is 2. The third-order valence-corrected chi connectivity index (χ3v) is 4.77. The summed E-state index contributed by atoms with van der Waals surface area (Å²) in [6.07, 6.45) is 8.25. The van der Waals surface area contributed by atoms with Crippen molar-refractivity contribution in [2.45, 2.75) is 19.3 Å². The highest BCUT2D eigenvalue weighted by Gasteiger charge is 2.26. The number of hydrogen-bond acceptors (Lipinski definition) is 3. The van der Waals surface area contributed by atoms with Gasteiger partial charge in [0.25, 0.3) is 11.8 Å². The minimum Gasteiger partial charge on any atom is -0.306 e. The molecule has 4 heteroatoms. The zero-order chi connectivity index (χ0) is 16.9. The van der Waals surface area contributed by atoms with Crippen molar-refractivity contribution in [3.63, 3.8) is 0 Å². The molecule has 4 nitrogen and oxygen atoms in total. The molecule has 0 atom stereocenters. The van der Waals surface area contributed by atoms with Gasteiger partial charge in [-0.25, -0.2) is 0 Å². The molecule has 0 saturated carbocycles. The average molecular weight is 324 g/mol. The molecule has 2 heterocycles. The van der Waals surface area contributed by atoms with Crippen LogP contribution >= 0.6 is 0 Å². The van der Waals surface area contributed by atoms with E-state index in [0.29, 0.717) is 18.0 Å². The maximum atomic E-state index is 13.0. The summed E-state index contributed by atoms with van der Waals surface area (Å²) < 4.78 is 0. The number of piperidine rings is 1. The fourth-order valence-electron chi connectivity index (χ4n) is 3.27. The standard InChI is InChI=1S/C20H24N2O2/c1-21-13-10-16(11-14-21)15-18(17-7-3-2-4-8-17)20(24)22-12-6-5-9-19(22)23/h2-5,7-9,15-16H,6,10-14H2,1H3/b18-15+. The van der Waals surface area contributed by atoms with Crippen LogP contribution in [0.5, 0.6) is 0 Å². The van der Waals surface area contributed by atoms with Gasteiger partial charge in [0.15, 0.2) is 0 Å². The first kappa shape index (κ1) is 16.7. The van der Waals surface area contributed by atoms with Crippen LogP contribution in [0.2, 0.25) is 0 Å². The first-order valence-electron chi connectivity index (χ1n) is 8.63. The highest BCUT2D eigenvalue weighted by molar-refractivity contribution is 6.24. The van der Waals surface area contributed by atoms with Gasteiger partial charge in [-0.15, -0.1) is 0 Å². The molecule has 1 aromatic rings. The molecule has 2 aliphatic rings. The second kappa shape index (κ2) is 7.58. The first-order valence-corrected chi connectivity index (χ1v) is 8.63. The molecule has 1 fully saturated rings. The number of rotatable bonds is 3. The van der Waals surface area contributed by atoms with E-state index in [-0.39, 0.29) is 11.8 Å². The predicted molar refractivity (Wildman–Crippen MR) is 95.1 cm³/mol. The number of likely N-dealkylation sites (tertiary alicyclic amines) is 1. The first-order chi connectivity index (χ1) is 11.6. The Morgan fingerprint density at radius 1 is 1.12 bits per heavy atom. The fourth-order valence-corrected chi connectivity index (χ4v) is 3.27. The summed E-state index contributed by atoms with van der Waals surface area (Å²) in [5.74, 6) is 0.00160. The maximum absolute atomic E-state index is 13.0. The highest BCUT2D eigenvalue weighted by Crippen LogP contribution is 2.25. The topological polar surface area (TPSA) is 40.6 Å². The summed E-state index contributed by atoms with van der Waals surface area (Å²) in [6.45, 7) is 2.55. The van der Waals surface area contributed by atoms with Gasteiger partial charge >= 0.3 is 0 Å². The Morgan fingerprint density at radius 3 is 2.50 bits per heavy atom. The van der Waals surface area contributed by atoms with E-state index in [2.05, 4.69) is 18.0 Å². The summed E-state index contributed by atoms with van der Waals surface area (Å²) in [5.41, 5.74) is 1.55. The van der Waals surface area contributed by atoms with Gasteiger partial charge in [-0.2, -0.15) is 0 Å². The molecule has 0 aliphatic carbocycles. The van der Waals surface area contributed by atoms with Crippen LogP contribution in [0.4, 0.5) is 0 Å². The molecule has 2 aliphatic heterocycles. The molecule has 24 heavy (non-hydrogen) atoms. The molecule has 0 unspecified atom stereocenters. The summed E-state index contributed by atoms with van der Waals surface area (Å²) in [4.78, 5) is 28.8. The zero-order valence-corrected chi connectivity index (χ0v) is 14.1. The number of benzene rings is 1. The highest BCUT2D eigenvalue weighted by atomic mass is 16.2. The van der Waals surface area contributed by atoms with Gasteiger partial charge in [0.2, 0.25) is 0 Å². The second-order valence-corrected chi connectivity index (χ2v) is 6.57. The zero-order valence-electron chi connectivity index (χ0n) is 14.1. The third-order valence-electron chi connectivity index (χ3n) is 4.77. The molecule has 3 rings (SSSR count). The minimum atomic E-state index is -0.212. The quantitative estimate of drug-likeness (QED) is 0.803. The van der Waals surface area contributed by atoms with Gasteiger partial charge in [0.05, 0.1) is 0 Å². The number of carbonyl (C=O) groups excluding carboxylic acids is 2. The van der Waals surface area contributed by atoms with E-state index in [0.717, 1.165) is 37.9 Å². The Balaban J connectivity index is 1.89. The Morgan fingerprint density at radius 2 is 1.83 bits per heavy atom. The van der Waals surface area contributed by atoms with Crippen LogP contribution in [0.15, 0.2) is 48.6 Å². The van der Waals surface area contributed by atoms with Crippen molar-refractivity contribution in [3.05, 3.63) is 54.1 Å². The lowest BCUT2D eigenvalue weighted by molar-refractivity contribution is -0.138. The van der Waals surface area contributed by atoms with E-state index in [1.807, 2.05) is 36.4 Å². The van der Waals surface area contributed by atoms with Crippen LogP contribution < -0.4 is 0 Å². The van der Waals surface area contributed by atoms with Crippen molar-refractivity contribution < 1.29 is 9.59 Å². The summed E-state index contributed by atoms with van der Waals surface area (Å²) in [6, 6.07) is 9.70. The molecule has 1 aromatic carbocycles. The van der Waals surface area contributed by atoms with Gasteiger partial charge in [-0.05, 0) is 57.0 Å². The van der Waals surface area contributed by atoms with Crippen LogP contribution in [0, 0.1) is 5.92 Å². The lowest BCUT2D eigenvalue weighted by atomic mass is 9.91. The molecular formula is C20H24N2O2. The largest absolute Gasteiger partial charge is 0.306 e. The predicted octanol–water partition coefficient (Wildman–Crippen LogP) is 2.73. The van der Waals surface area contributed by atoms with Crippen LogP contribution in [0.3, 0.4) is 0 Å². The smallest absolute Gasteiger partial charge is 0.261 e. The van der Waals surface area contributed by atoms with E-state index < -0.39 is 0 Å². The monoisotopic (exact) mass is 324 g/mol. The van der Waals surface area contributed by atoms with Crippen molar-refractivity contribution in [1.29, 1.82) is 0 Å².